The summed E-state index contributed by atoms with van der Waals surface area (Å²) in [6.07, 6.45) is 1.47. The number of carbonyl (C=O) groups is 2. The molecule has 0 radical (unpaired) electrons. The molecule has 1 aliphatic carbocycles. The SMILES string of the molecule is O=CNC(CSCC1CCCC(F)(F)C1)C(=O)O. The van der Waals surface area contributed by atoms with Crippen molar-refractivity contribution < 1.29 is 23.5 Å². The van der Waals surface area contributed by atoms with Crippen molar-refractivity contribution in [2.45, 2.75) is 37.6 Å². The first-order valence-electron chi connectivity index (χ1n) is 5.82. The maximum absolute atomic E-state index is 13.1. The van der Waals surface area contributed by atoms with Gasteiger partial charge in [0.2, 0.25) is 12.3 Å². The zero-order valence-corrected chi connectivity index (χ0v) is 10.7. The average molecular weight is 281 g/mol. The van der Waals surface area contributed by atoms with Crippen molar-refractivity contribution in [3.63, 3.8) is 0 Å². The maximum Gasteiger partial charge on any atom is 0.327 e. The molecule has 0 aromatic rings. The van der Waals surface area contributed by atoms with Crippen LogP contribution in [0.1, 0.15) is 25.7 Å². The van der Waals surface area contributed by atoms with E-state index in [0.29, 0.717) is 18.6 Å². The third kappa shape index (κ3) is 5.20. The van der Waals surface area contributed by atoms with Crippen molar-refractivity contribution in [1.29, 1.82) is 0 Å². The molecule has 2 unspecified atom stereocenters. The largest absolute Gasteiger partial charge is 0.480 e. The number of alkyl halides is 2. The fourth-order valence-electron chi connectivity index (χ4n) is 2.04. The van der Waals surface area contributed by atoms with Gasteiger partial charge in [0.25, 0.3) is 0 Å². The first kappa shape index (κ1) is 15.2. The lowest BCUT2D eigenvalue weighted by Gasteiger charge is -2.28. The van der Waals surface area contributed by atoms with Crippen molar-refractivity contribution in [2.24, 2.45) is 5.92 Å². The van der Waals surface area contributed by atoms with E-state index in [0.717, 1.165) is 6.42 Å². The van der Waals surface area contributed by atoms with E-state index in [4.69, 9.17) is 5.11 Å². The molecule has 0 heterocycles. The number of nitrogens with one attached hydrogen (secondary N) is 1. The van der Waals surface area contributed by atoms with Gasteiger partial charge in [-0.3, -0.25) is 4.79 Å². The molecule has 0 saturated heterocycles. The molecule has 2 N–H and O–H groups in total. The molecule has 0 aromatic heterocycles. The summed E-state index contributed by atoms with van der Waals surface area (Å²) in [7, 11) is 0. The monoisotopic (exact) mass is 281 g/mol. The highest BCUT2D eigenvalue weighted by Crippen LogP contribution is 2.37. The quantitative estimate of drug-likeness (QED) is 0.698. The Morgan fingerprint density at radius 1 is 1.61 bits per heavy atom. The molecular formula is C11H17F2NO3S. The molecule has 1 fully saturated rings. The van der Waals surface area contributed by atoms with E-state index in [2.05, 4.69) is 5.32 Å². The molecule has 18 heavy (non-hydrogen) atoms. The summed E-state index contributed by atoms with van der Waals surface area (Å²) in [5, 5.41) is 11.0. The highest BCUT2D eigenvalue weighted by atomic mass is 32.2. The zero-order valence-electron chi connectivity index (χ0n) is 9.90. The number of aliphatic carboxylic acids is 1. The number of rotatable bonds is 7. The van der Waals surface area contributed by atoms with Gasteiger partial charge < -0.3 is 10.4 Å². The van der Waals surface area contributed by atoms with E-state index >= 15 is 0 Å². The first-order valence-corrected chi connectivity index (χ1v) is 6.98. The Labute approximate surface area is 109 Å². The topological polar surface area (TPSA) is 66.4 Å². The van der Waals surface area contributed by atoms with Crippen molar-refractivity contribution in [1.82, 2.24) is 5.32 Å². The average Bonchev–Trinajstić information content (AvgIpc) is 2.26. The van der Waals surface area contributed by atoms with Crippen LogP contribution in [0.3, 0.4) is 0 Å². The molecule has 1 aliphatic rings. The van der Waals surface area contributed by atoms with Crippen LogP contribution in [-0.2, 0) is 9.59 Å². The van der Waals surface area contributed by atoms with Gasteiger partial charge in [0.05, 0.1) is 0 Å². The Bertz CT molecular complexity index is 302. The smallest absolute Gasteiger partial charge is 0.327 e. The van der Waals surface area contributed by atoms with Gasteiger partial charge in [-0.05, 0) is 24.5 Å². The normalized spacial score (nSPS) is 24.2. The second-order valence-electron chi connectivity index (χ2n) is 4.53. The van der Waals surface area contributed by atoms with Gasteiger partial charge in [0.15, 0.2) is 0 Å². The molecular weight excluding hydrogens is 264 g/mol. The molecule has 0 bridgehead atoms. The lowest BCUT2D eigenvalue weighted by molar-refractivity contribution is -0.139. The molecule has 2 atom stereocenters. The van der Waals surface area contributed by atoms with Gasteiger partial charge in [0, 0.05) is 18.6 Å². The van der Waals surface area contributed by atoms with Crippen molar-refractivity contribution >= 4 is 24.1 Å². The fraction of sp³-hybridized carbons (Fsp3) is 0.818. The predicted octanol–water partition coefficient (Wildman–Crippen LogP) is 1.74. The lowest BCUT2D eigenvalue weighted by atomic mass is 9.88. The molecule has 0 aromatic carbocycles. The second kappa shape index (κ2) is 6.92. The Kier molecular flexibility index (Phi) is 5.84. The lowest BCUT2D eigenvalue weighted by Crippen LogP contribution is -2.38. The number of amides is 1. The van der Waals surface area contributed by atoms with Crippen LogP contribution in [-0.4, -0.2) is 41.0 Å². The summed E-state index contributed by atoms with van der Waals surface area (Å²) in [5.74, 6) is -3.03. The van der Waals surface area contributed by atoms with Crippen molar-refractivity contribution in [3.8, 4) is 0 Å². The Morgan fingerprint density at radius 3 is 2.89 bits per heavy atom. The third-order valence-corrected chi connectivity index (χ3v) is 4.22. The first-order chi connectivity index (χ1) is 8.44. The van der Waals surface area contributed by atoms with E-state index in [1.165, 1.54) is 11.8 Å². The fourth-order valence-corrected chi connectivity index (χ4v) is 3.27. The van der Waals surface area contributed by atoms with Crippen LogP contribution >= 0.6 is 11.8 Å². The summed E-state index contributed by atoms with van der Waals surface area (Å²) in [6.45, 7) is 0. The molecule has 0 spiro atoms. The number of hydrogen-bond donors (Lipinski definition) is 2. The van der Waals surface area contributed by atoms with Crippen molar-refractivity contribution in [2.75, 3.05) is 11.5 Å². The highest BCUT2D eigenvalue weighted by molar-refractivity contribution is 7.99. The van der Waals surface area contributed by atoms with Gasteiger partial charge in [-0.25, -0.2) is 13.6 Å². The molecule has 104 valence electrons. The Hall–Kier alpha value is -0.850. The number of halogens is 2. The van der Waals surface area contributed by atoms with Gasteiger partial charge in [-0.15, -0.1) is 0 Å². The van der Waals surface area contributed by atoms with Crippen LogP contribution < -0.4 is 5.32 Å². The number of carboxylic acid groups (broad SMARTS) is 1. The summed E-state index contributed by atoms with van der Waals surface area (Å²) in [5.41, 5.74) is 0. The van der Waals surface area contributed by atoms with Crippen LogP contribution in [0.25, 0.3) is 0 Å². The Morgan fingerprint density at radius 2 is 2.33 bits per heavy atom. The summed E-state index contributed by atoms with van der Waals surface area (Å²) in [4.78, 5) is 20.9. The third-order valence-electron chi connectivity index (χ3n) is 2.95. The second-order valence-corrected chi connectivity index (χ2v) is 5.61. The molecule has 7 heteroatoms. The zero-order chi connectivity index (χ0) is 13.6. The van der Waals surface area contributed by atoms with Gasteiger partial charge >= 0.3 is 5.97 Å². The molecule has 4 nitrogen and oxygen atoms in total. The van der Waals surface area contributed by atoms with Crippen LogP contribution in [0.5, 0.6) is 0 Å². The van der Waals surface area contributed by atoms with Gasteiger partial charge in [0.1, 0.15) is 6.04 Å². The van der Waals surface area contributed by atoms with Gasteiger partial charge in [-0.2, -0.15) is 11.8 Å². The molecule has 1 amide bonds. The summed E-state index contributed by atoms with van der Waals surface area (Å²) < 4.78 is 26.3. The number of thioether (sulfide) groups is 1. The standard InChI is InChI=1S/C11H17F2NO3S/c12-11(13)3-1-2-8(4-11)5-18-6-9(10(16)17)14-7-15/h7-9H,1-6H2,(H,14,15)(H,16,17). The van der Waals surface area contributed by atoms with Crippen molar-refractivity contribution in [3.05, 3.63) is 0 Å². The van der Waals surface area contributed by atoms with Crippen LogP contribution in [0.15, 0.2) is 0 Å². The number of carbonyl (C=O) groups excluding carboxylic acids is 1. The van der Waals surface area contributed by atoms with E-state index in [1.54, 1.807) is 0 Å². The minimum Gasteiger partial charge on any atom is -0.480 e. The highest BCUT2D eigenvalue weighted by Gasteiger charge is 2.36. The Balaban J connectivity index is 2.27. The van der Waals surface area contributed by atoms with E-state index in [-0.39, 0.29) is 24.5 Å². The van der Waals surface area contributed by atoms with E-state index in [1.807, 2.05) is 0 Å². The van der Waals surface area contributed by atoms with Crippen LogP contribution in [0, 0.1) is 5.92 Å². The van der Waals surface area contributed by atoms with E-state index in [9.17, 15) is 18.4 Å². The summed E-state index contributed by atoms with van der Waals surface area (Å²) >= 11 is 1.30. The molecule has 1 saturated carbocycles. The predicted molar refractivity (Wildman–Crippen MR) is 64.9 cm³/mol. The van der Waals surface area contributed by atoms with Crippen LogP contribution in [0.2, 0.25) is 0 Å². The summed E-state index contributed by atoms with van der Waals surface area (Å²) in [6, 6.07) is -0.948. The number of hydrogen-bond acceptors (Lipinski definition) is 3. The van der Waals surface area contributed by atoms with Crippen LogP contribution in [0.4, 0.5) is 8.78 Å². The van der Waals surface area contributed by atoms with E-state index < -0.39 is 17.9 Å². The molecule has 0 aliphatic heterocycles. The number of carboxylic acids is 1. The minimum absolute atomic E-state index is 0.0430. The van der Waals surface area contributed by atoms with Gasteiger partial charge in [-0.1, -0.05) is 0 Å². The minimum atomic E-state index is -2.57. The maximum atomic E-state index is 13.1. The molecule has 1 rings (SSSR count).